The summed E-state index contributed by atoms with van der Waals surface area (Å²) in [5, 5.41) is 20.3. The van der Waals surface area contributed by atoms with E-state index in [1.807, 2.05) is 6.07 Å². The highest BCUT2D eigenvalue weighted by molar-refractivity contribution is 6.00. The van der Waals surface area contributed by atoms with Crippen molar-refractivity contribution >= 4 is 35.0 Å². The third-order valence-electron chi connectivity index (χ3n) is 8.40. The Morgan fingerprint density at radius 2 is 1.91 bits per heavy atom. The van der Waals surface area contributed by atoms with Crippen LogP contribution in [0, 0.1) is 0 Å². The van der Waals surface area contributed by atoms with E-state index >= 15 is 0 Å². The summed E-state index contributed by atoms with van der Waals surface area (Å²) < 4.78 is 14.3. The zero-order valence-electron chi connectivity index (χ0n) is 25.6. The van der Waals surface area contributed by atoms with Crippen LogP contribution in [0.4, 0.5) is 22.1 Å². The lowest BCUT2D eigenvalue weighted by molar-refractivity contribution is -0.0324. The summed E-state index contributed by atoms with van der Waals surface area (Å²) >= 11 is 0. The normalized spacial score (nSPS) is 23.8. The maximum absolute atomic E-state index is 13.6. The minimum atomic E-state index is -0.744. The Labute approximate surface area is 250 Å². The topological polar surface area (TPSA) is 152 Å². The molecule has 0 unspecified atom stereocenters. The number of aliphatic hydroxyl groups is 1. The SMILES string of the molecule is COC1(C)CCC(n2cccc(Nc3cc(N(C)C(=O)OC(C)(C)C)n4ncc(C(=O)N[C@H]5CC[C@H]5O)c4n3)c2=O)CC1. The Balaban J connectivity index is 1.50. The zero-order valence-corrected chi connectivity index (χ0v) is 25.6. The predicted octanol–water partition coefficient (Wildman–Crippen LogP) is 3.78. The van der Waals surface area contributed by atoms with E-state index in [4.69, 9.17) is 9.47 Å². The van der Waals surface area contributed by atoms with Crippen LogP contribution in [-0.2, 0) is 9.47 Å². The molecular weight excluding hydrogens is 554 g/mol. The van der Waals surface area contributed by atoms with Gasteiger partial charge >= 0.3 is 6.09 Å². The summed E-state index contributed by atoms with van der Waals surface area (Å²) in [4.78, 5) is 45.7. The molecule has 0 aliphatic heterocycles. The summed E-state index contributed by atoms with van der Waals surface area (Å²) in [6.45, 7) is 7.39. The molecule has 2 amide bonds. The van der Waals surface area contributed by atoms with E-state index in [0.29, 0.717) is 18.5 Å². The number of aliphatic hydroxyl groups excluding tert-OH is 1. The number of fused-ring (bicyclic) bond motifs is 1. The van der Waals surface area contributed by atoms with Crippen molar-refractivity contribution in [2.45, 2.75) is 95.6 Å². The number of hydrogen-bond acceptors (Lipinski definition) is 9. The van der Waals surface area contributed by atoms with Gasteiger partial charge in [-0.2, -0.15) is 9.61 Å². The Morgan fingerprint density at radius 1 is 1.19 bits per heavy atom. The van der Waals surface area contributed by atoms with Crippen molar-refractivity contribution in [3.63, 3.8) is 0 Å². The van der Waals surface area contributed by atoms with E-state index in [1.54, 1.807) is 50.8 Å². The molecule has 2 aliphatic carbocycles. The molecule has 5 rings (SSSR count). The molecule has 2 atom stereocenters. The number of pyridine rings is 1. The second kappa shape index (κ2) is 11.6. The van der Waals surface area contributed by atoms with E-state index in [0.717, 1.165) is 25.7 Å². The first-order chi connectivity index (χ1) is 20.3. The van der Waals surface area contributed by atoms with Crippen molar-refractivity contribution in [2.75, 3.05) is 24.4 Å². The average molecular weight is 596 g/mol. The fraction of sp³-hybridized carbons (Fsp3) is 0.567. The molecule has 0 radical (unpaired) electrons. The number of nitrogens with one attached hydrogen (secondary N) is 2. The predicted molar refractivity (Wildman–Crippen MR) is 161 cm³/mol. The number of aromatic nitrogens is 4. The van der Waals surface area contributed by atoms with Gasteiger partial charge in [0.05, 0.1) is 23.9 Å². The molecule has 0 bridgehead atoms. The van der Waals surface area contributed by atoms with Gasteiger partial charge < -0.3 is 29.8 Å². The molecule has 13 heteroatoms. The van der Waals surface area contributed by atoms with E-state index in [-0.39, 0.29) is 46.1 Å². The summed E-state index contributed by atoms with van der Waals surface area (Å²) in [5.41, 5.74) is -0.500. The first-order valence-corrected chi connectivity index (χ1v) is 14.7. The third kappa shape index (κ3) is 6.37. The lowest BCUT2D eigenvalue weighted by Gasteiger charge is -2.36. The van der Waals surface area contributed by atoms with Crippen LogP contribution in [0.2, 0.25) is 0 Å². The molecule has 3 N–H and O–H groups in total. The van der Waals surface area contributed by atoms with Crippen molar-refractivity contribution in [3.05, 3.63) is 46.5 Å². The van der Waals surface area contributed by atoms with Crippen LogP contribution >= 0.6 is 0 Å². The fourth-order valence-electron chi connectivity index (χ4n) is 5.46. The Bertz CT molecular complexity index is 1570. The van der Waals surface area contributed by atoms with E-state index in [1.165, 1.54) is 22.7 Å². The monoisotopic (exact) mass is 595 g/mol. The molecule has 0 saturated heterocycles. The van der Waals surface area contributed by atoms with Crippen LogP contribution in [0.1, 0.15) is 82.6 Å². The summed E-state index contributed by atoms with van der Waals surface area (Å²) in [5.74, 6) is 0.0603. The molecule has 43 heavy (non-hydrogen) atoms. The molecule has 13 nitrogen and oxygen atoms in total. The first kappa shape index (κ1) is 30.5. The number of carbonyl (C=O) groups excluding carboxylic acids is 2. The van der Waals surface area contributed by atoms with Gasteiger partial charge in [-0.25, -0.2) is 9.78 Å². The molecule has 2 fully saturated rings. The van der Waals surface area contributed by atoms with Crippen molar-refractivity contribution in [1.82, 2.24) is 24.5 Å². The number of hydrogen-bond donors (Lipinski definition) is 3. The molecule has 3 heterocycles. The maximum atomic E-state index is 13.6. The zero-order chi connectivity index (χ0) is 31.1. The number of rotatable bonds is 7. The van der Waals surface area contributed by atoms with Gasteiger partial charge in [0.1, 0.15) is 28.5 Å². The summed E-state index contributed by atoms with van der Waals surface area (Å²) in [7, 11) is 3.26. The van der Waals surface area contributed by atoms with Crippen LogP contribution in [0.5, 0.6) is 0 Å². The van der Waals surface area contributed by atoms with Gasteiger partial charge in [-0.05, 0) is 78.4 Å². The molecule has 232 valence electrons. The second-order valence-electron chi connectivity index (χ2n) is 12.7. The lowest BCUT2D eigenvalue weighted by Crippen LogP contribution is -2.50. The first-order valence-electron chi connectivity index (χ1n) is 14.7. The number of nitrogens with zero attached hydrogens (tertiary/aromatic N) is 5. The van der Waals surface area contributed by atoms with Crippen LogP contribution < -0.4 is 21.1 Å². The Hall–Kier alpha value is -3.97. The van der Waals surface area contributed by atoms with Gasteiger partial charge in [0, 0.05) is 32.5 Å². The number of amides is 2. The quantitative estimate of drug-likeness (QED) is 0.370. The third-order valence-corrected chi connectivity index (χ3v) is 8.40. The Kier molecular flexibility index (Phi) is 8.23. The lowest BCUT2D eigenvalue weighted by atomic mass is 9.83. The number of methoxy groups -OCH3 is 1. The molecule has 0 aromatic carbocycles. The number of anilines is 3. The summed E-state index contributed by atoms with van der Waals surface area (Å²) in [6, 6.07) is 4.74. The molecule has 0 spiro atoms. The minimum absolute atomic E-state index is 0.0359. The highest BCUT2D eigenvalue weighted by Crippen LogP contribution is 2.36. The number of carbonyl (C=O) groups is 2. The van der Waals surface area contributed by atoms with Gasteiger partial charge in [0.2, 0.25) is 0 Å². The largest absolute Gasteiger partial charge is 0.443 e. The smallest absolute Gasteiger partial charge is 0.415 e. The van der Waals surface area contributed by atoms with Crippen LogP contribution in [0.15, 0.2) is 35.4 Å². The number of ether oxygens (including phenoxy) is 2. The maximum Gasteiger partial charge on any atom is 0.415 e. The second-order valence-corrected chi connectivity index (χ2v) is 12.7. The van der Waals surface area contributed by atoms with Crippen molar-refractivity contribution in [2.24, 2.45) is 0 Å². The molecular formula is C30H41N7O6. The molecule has 2 saturated carbocycles. The minimum Gasteiger partial charge on any atom is -0.443 e. The van der Waals surface area contributed by atoms with E-state index in [2.05, 4.69) is 27.6 Å². The van der Waals surface area contributed by atoms with E-state index in [9.17, 15) is 19.5 Å². The van der Waals surface area contributed by atoms with Gasteiger partial charge in [0.15, 0.2) is 5.65 Å². The van der Waals surface area contributed by atoms with Crippen molar-refractivity contribution in [1.29, 1.82) is 0 Å². The fourth-order valence-corrected chi connectivity index (χ4v) is 5.46. The van der Waals surface area contributed by atoms with Crippen LogP contribution in [0.25, 0.3) is 5.65 Å². The van der Waals surface area contributed by atoms with Crippen LogP contribution in [-0.4, -0.2) is 73.8 Å². The van der Waals surface area contributed by atoms with Crippen molar-refractivity contribution in [3.8, 4) is 0 Å². The highest BCUT2D eigenvalue weighted by atomic mass is 16.6. The highest BCUT2D eigenvalue weighted by Gasteiger charge is 2.33. The van der Waals surface area contributed by atoms with Gasteiger partial charge in [-0.1, -0.05) is 0 Å². The molecule has 3 aromatic heterocycles. The molecule has 2 aliphatic rings. The van der Waals surface area contributed by atoms with E-state index < -0.39 is 23.7 Å². The Morgan fingerprint density at radius 3 is 2.51 bits per heavy atom. The standard InChI is InChI=1S/C30H41N7O6/c1-29(2,3)43-28(41)35(5)24-16-23(34-25-19(17-31-37(24)25)26(39)33-20-9-10-22(20)38)32-21-8-7-15-36(27(21)40)18-11-13-30(4,42-6)14-12-18/h7-8,15-18,20,22,38H,9-14H2,1-6H3,(H,32,34)(H,33,39)/t18?,20-,22+,30?/m0/s1. The van der Waals surface area contributed by atoms with Crippen molar-refractivity contribution < 1.29 is 24.2 Å². The van der Waals surface area contributed by atoms with Gasteiger partial charge in [-0.15, -0.1) is 0 Å². The molecule has 3 aromatic rings. The summed E-state index contributed by atoms with van der Waals surface area (Å²) in [6.07, 6.45) is 6.54. The van der Waals surface area contributed by atoms with Crippen LogP contribution in [0.3, 0.4) is 0 Å². The average Bonchev–Trinajstić information content (AvgIpc) is 3.39. The van der Waals surface area contributed by atoms with Gasteiger partial charge in [0.25, 0.3) is 11.5 Å². The van der Waals surface area contributed by atoms with Gasteiger partial charge in [-0.3, -0.25) is 14.5 Å².